The predicted molar refractivity (Wildman–Crippen MR) is 102 cm³/mol. The number of para-hydroxylation sites is 1. The summed E-state index contributed by atoms with van der Waals surface area (Å²) in [7, 11) is 1.66. The third-order valence-electron chi connectivity index (χ3n) is 4.62. The Morgan fingerprint density at radius 2 is 2.15 bits per heavy atom. The van der Waals surface area contributed by atoms with Crippen LogP contribution < -0.4 is 15.0 Å². The molecule has 0 radical (unpaired) electrons. The molecule has 2 heterocycles. The van der Waals surface area contributed by atoms with Crippen LogP contribution in [0.3, 0.4) is 0 Å². The number of carbonyl (C=O) groups excluding carboxylic acids is 1. The first-order valence-electron chi connectivity index (χ1n) is 8.81. The zero-order chi connectivity index (χ0) is 18.4. The standard InChI is InChI=1S/C19H23ClN4O2/c1-26-16-7-3-2-5-14(16)10-11-21-19(25)15-6-4-12-24(13-15)18-9-8-17(20)22-23-18/h2-3,5,7-9,15H,4,6,10-13H2,1H3,(H,21,25)/t15-/m0/s1. The highest BCUT2D eigenvalue weighted by Crippen LogP contribution is 2.22. The Balaban J connectivity index is 1.52. The van der Waals surface area contributed by atoms with Crippen LogP contribution in [0.4, 0.5) is 5.82 Å². The molecular weight excluding hydrogens is 352 g/mol. The van der Waals surface area contributed by atoms with Crippen LogP contribution >= 0.6 is 11.6 Å². The number of aromatic nitrogens is 2. The van der Waals surface area contributed by atoms with E-state index in [-0.39, 0.29) is 11.8 Å². The first-order valence-corrected chi connectivity index (χ1v) is 9.19. The van der Waals surface area contributed by atoms with Crippen LogP contribution in [0.15, 0.2) is 36.4 Å². The monoisotopic (exact) mass is 374 g/mol. The maximum absolute atomic E-state index is 12.5. The fourth-order valence-electron chi connectivity index (χ4n) is 3.25. The molecule has 0 aliphatic carbocycles. The number of ether oxygens (including phenoxy) is 1. The van der Waals surface area contributed by atoms with E-state index in [2.05, 4.69) is 20.4 Å². The highest BCUT2D eigenvalue weighted by molar-refractivity contribution is 6.29. The van der Waals surface area contributed by atoms with E-state index in [1.54, 1.807) is 13.2 Å². The molecule has 0 unspecified atom stereocenters. The van der Waals surface area contributed by atoms with Gasteiger partial charge in [-0.05, 0) is 43.0 Å². The molecule has 6 nitrogen and oxygen atoms in total. The van der Waals surface area contributed by atoms with Crippen molar-refractivity contribution >= 4 is 23.3 Å². The smallest absolute Gasteiger partial charge is 0.224 e. The van der Waals surface area contributed by atoms with Crippen LogP contribution in [0.25, 0.3) is 0 Å². The van der Waals surface area contributed by atoms with E-state index in [0.717, 1.165) is 42.9 Å². The molecule has 138 valence electrons. The molecular formula is C19H23ClN4O2. The number of carbonyl (C=O) groups is 1. The van der Waals surface area contributed by atoms with Crippen molar-refractivity contribution in [3.63, 3.8) is 0 Å². The summed E-state index contributed by atoms with van der Waals surface area (Å²) in [5, 5.41) is 11.4. The highest BCUT2D eigenvalue weighted by atomic mass is 35.5. The molecule has 0 saturated carbocycles. The number of nitrogens with one attached hydrogen (secondary N) is 1. The minimum absolute atomic E-state index is 0.0427. The number of piperidine rings is 1. The third-order valence-corrected chi connectivity index (χ3v) is 4.82. The molecule has 1 aromatic carbocycles. The molecule has 0 bridgehead atoms. The number of anilines is 1. The molecule has 3 rings (SSSR count). The topological polar surface area (TPSA) is 67.3 Å². The first kappa shape index (κ1) is 18.5. The van der Waals surface area contributed by atoms with Gasteiger partial charge in [-0.25, -0.2) is 0 Å². The van der Waals surface area contributed by atoms with E-state index < -0.39 is 0 Å². The second-order valence-electron chi connectivity index (χ2n) is 6.35. The number of halogens is 1. The normalized spacial score (nSPS) is 17.0. The van der Waals surface area contributed by atoms with Crippen molar-refractivity contribution in [3.8, 4) is 5.75 Å². The van der Waals surface area contributed by atoms with Crippen molar-refractivity contribution in [2.24, 2.45) is 5.92 Å². The second kappa shape index (κ2) is 8.85. The zero-order valence-electron chi connectivity index (χ0n) is 14.8. The molecule has 1 aliphatic rings. The number of amides is 1. The zero-order valence-corrected chi connectivity index (χ0v) is 15.6. The second-order valence-corrected chi connectivity index (χ2v) is 6.74. The molecule has 1 atom stereocenters. The Kier molecular flexibility index (Phi) is 6.28. The van der Waals surface area contributed by atoms with Gasteiger partial charge in [-0.3, -0.25) is 4.79 Å². The van der Waals surface area contributed by atoms with E-state index in [1.807, 2.05) is 30.3 Å². The Morgan fingerprint density at radius 3 is 2.92 bits per heavy atom. The Bertz CT molecular complexity index is 739. The number of hydrogen-bond acceptors (Lipinski definition) is 5. The molecule has 7 heteroatoms. The number of rotatable bonds is 6. The predicted octanol–water partition coefficient (Wildman–Crippen LogP) is 2.71. The third kappa shape index (κ3) is 4.64. The number of methoxy groups -OCH3 is 1. The summed E-state index contributed by atoms with van der Waals surface area (Å²) in [6.45, 7) is 2.12. The maximum atomic E-state index is 12.5. The van der Waals surface area contributed by atoms with Crippen LogP contribution in [0.1, 0.15) is 18.4 Å². The van der Waals surface area contributed by atoms with Crippen LogP contribution in [-0.4, -0.2) is 42.8 Å². The minimum atomic E-state index is -0.0427. The lowest BCUT2D eigenvalue weighted by Crippen LogP contribution is -2.43. The van der Waals surface area contributed by atoms with E-state index in [0.29, 0.717) is 18.2 Å². The first-order chi connectivity index (χ1) is 12.7. The Hall–Kier alpha value is -2.34. The number of nitrogens with zero attached hydrogens (tertiary/aromatic N) is 3. The van der Waals surface area contributed by atoms with E-state index >= 15 is 0 Å². The summed E-state index contributed by atoms with van der Waals surface area (Å²) in [5.41, 5.74) is 1.09. The molecule has 1 aromatic heterocycles. The molecule has 1 N–H and O–H groups in total. The van der Waals surface area contributed by atoms with Crippen molar-refractivity contribution in [3.05, 3.63) is 47.1 Å². The Labute approximate surface area is 158 Å². The lowest BCUT2D eigenvalue weighted by molar-refractivity contribution is -0.125. The molecule has 1 aliphatic heterocycles. The SMILES string of the molecule is COc1ccccc1CCNC(=O)[C@H]1CCCN(c2ccc(Cl)nn2)C1. The van der Waals surface area contributed by atoms with Gasteiger partial charge in [-0.1, -0.05) is 29.8 Å². The van der Waals surface area contributed by atoms with Crippen molar-refractivity contribution in [2.45, 2.75) is 19.3 Å². The summed E-state index contributed by atoms with van der Waals surface area (Å²) in [6.07, 6.45) is 2.59. The number of hydrogen-bond donors (Lipinski definition) is 1. The van der Waals surface area contributed by atoms with E-state index in [4.69, 9.17) is 16.3 Å². The molecule has 1 amide bonds. The van der Waals surface area contributed by atoms with E-state index in [1.165, 1.54) is 0 Å². The van der Waals surface area contributed by atoms with Gasteiger partial charge in [0.15, 0.2) is 11.0 Å². The van der Waals surface area contributed by atoms with Gasteiger partial charge in [0.05, 0.1) is 13.0 Å². The van der Waals surface area contributed by atoms with Gasteiger partial charge in [0, 0.05) is 19.6 Å². The summed E-state index contributed by atoms with van der Waals surface area (Å²) >= 11 is 5.79. The molecule has 0 spiro atoms. The summed E-state index contributed by atoms with van der Waals surface area (Å²) in [6, 6.07) is 11.4. The van der Waals surface area contributed by atoms with E-state index in [9.17, 15) is 4.79 Å². The van der Waals surface area contributed by atoms with Crippen molar-refractivity contribution in [1.29, 1.82) is 0 Å². The van der Waals surface area contributed by atoms with Gasteiger partial charge < -0.3 is 15.0 Å². The van der Waals surface area contributed by atoms with Crippen LogP contribution in [0.2, 0.25) is 5.15 Å². The van der Waals surface area contributed by atoms with Gasteiger partial charge >= 0.3 is 0 Å². The van der Waals surface area contributed by atoms with Crippen molar-refractivity contribution in [2.75, 3.05) is 31.6 Å². The van der Waals surface area contributed by atoms with Crippen molar-refractivity contribution < 1.29 is 9.53 Å². The average molecular weight is 375 g/mol. The molecule has 1 saturated heterocycles. The van der Waals surface area contributed by atoms with Crippen LogP contribution in [-0.2, 0) is 11.2 Å². The largest absolute Gasteiger partial charge is 0.496 e. The van der Waals surface area contributed by atoms with Crippen molar-refractivity contribution in [1.82, 2.24) is 15.5 Å². The van der Waals surface area contributed by atoms with Gasteiger partial charge in [0.1, 0.15) is 5.75 Å². The summed E-state index contributed by atoms with van der Waals surface area (Å²) in [5.74, 6) is 1.67. The lowest BCUT2D eigenvalue weighted by atomic mass is 9.97. The van der Waals surface area contributed by atoms with Gasteiger partial charge in [0.25, 0.3) is 0 Å². The van der Waals surface area contributed by atoms with Gasteiger partial charge in [-0.2, -0.15) is 0 Å². The van der Waals surface area contributed by atoms with Gasteiger partial charge in [0.2, 0.25) is 5.91 Å². The van der Waals surface area contributed by atoms with Gasteiger partial charge in [-0.15, -0.1) is 10.2 Å². The Morgan fingerprint density at radius 1 is 1.31 bits per heavy atom. The fourth-order valence-corrected chi connectivity index (χ4v) is 3.35. The molecule has 1 fully saturated rings. The molecule has 2 aromatic rings. The summed E-state index contributed by atoms with van der Waals surface area (Å²) < 4.78 is 5.35. The highest BCUT2D eigenvalue weighted by Gasteiger charge is 2.26. The maximum Gasteiger partial charge on any atom is 0.224 e. The summed E-state index contributed by atoms with van der Waals surface area (Å²) in [4.78, 5) is 14.6. The van der Waals surface area contributed by atoms with Crippen LogP contribution in [0, 0.1) is 5.92 Å². The lowest BCUT2D eigenvalue weighted by Gasteiger charge is -2.32. The quantitative estimate of drug-likeness (QED) is 0.842. The number of benzene rings is 1. The average Bonchev–Trinajstić information content (AvgIpc) is 2.69. The minimum Gasteiger partial charge on any atom is -0.496 e. The van der Waals surface area contributed by atoms with Crippen LogP contribution in [0.5, 0.6) is 5.75 Å². The fraction of sp³-hybridized carbons (Fsp3) is 0.421. The molecule has 26 heavy (non-hydrogen) atoms.